The SMILES string of the molecule is CCC1c2ccccc2CCN1C(=O)CC1(O)CCCC1. The van der Waals surface area contributed by atoms with Crippen LogP contribution in [0.5, 0.6) is 0 Å². The molecule has 1 N–H and O–H groups in total. The molecule has 3 rings (SSSR count). The van der Waals surface area contributed by atoms with E-state index < -0.39 is 5.60 Å². The minimum Gasteiger partial charge on any atom is -0.389 e. The van der Waals surface area contributed by atoms with Crippen molar-refractivity contribution in [2.45, 2.75) is 63.5 Å². The average molecular weight is 287 g/mol. The Morgan fingerprint density at radius 1 is 1.33 bits per heavy atom. The Hall–Kier alpha value is -1.35. The summed E-state index contributed by atoms with van der Waals surface area (Å²) in [6, 6.07) is 8.62. The van der Waals surface area contributed by atoms with Gasteiger partial charge in [-0.05, 0) is 36.8 Å². The van der Waals surface area contributed by atoms with Gasteiger partial charge in [0.25, 0.3) is 0 Å². The van der Waals surface area contributed by atoms with Crippen LogP contribution in [0.2, 0.25) is 0 Å². The standard InChI is InChI=1S/C18H25NO2/c1-2-16-15-8-4-3-7-14(15)9-12-19(16)17(20)13-18(21)10-5-6-11-18/h3-4,7-8,16,21H,2,5-6,9-13H2,1H3. The zero-order valence-electron chi connectivity index (χ0n) is 12.8. The molecule has 1 aliphatic heterocycles. The van der Waals surface area contributed by atoms with Crippen molar-refractivity contribution in [2.75, 3.05) is 6.54 Å². The van der Waals surface area contributed by atoms with Crippen molar-refractivity contribution in [1.82, 2.24) is 4.90 Å². The Morgan fingerprint density at radius 3 is 2.76 bits per heavy atom. The summed E-state index contributed by atoms with van der Waals surface area (Å²) in [7, 11) is 0. The first kappa shape index (κ1) is 14.6. The van der Waals surface area contributed by atoms with Crippen LogP contribution in [0.25, 0.3) is 0 Å². The second-order valence-corrected chi connectivity index (χ2v) is 6.57. The lowest BCUT2D eigenvalue weighted by molar-refractivity contribution is -0.139. The molecule has 2 aliphatic rings. The van der Waals surface area contributed by atoms with Gasteiger partial charge in [-0.25, -0.2) is 0 Å². The van der Waals surface area contributed by atoms with E-state index in [-0.39, 0.29) is 11.9 Å². The largest absolute Gasteiger partial charge is 0.389 e. The molecule has 21 heavy (non-hydrogen) atoms. The van der Waals surface area contributed by atoms with Gasteiger partial charge in [0.05, 0.1) is 18.1 Å². The van der Waals surface area contributed by atoms with Gasteiger partial charge in [0.15, 0.2) is 0 Å². The maximum absolute atomic E-state index is 12.7. The van der Waals surface area contributed by atoms with E-state index in [1.54, 1.807) is 0 Å². The summed E-state index contributed by atoms with van der Waals surface area (Å²) in [4.78, 5) is 14.7. The molecular weight excluding hydrogens is 262 g/mol. The maximum atomic E-state index is 12.7. The Labute approximate surface area is 127 Å². The molecule has 0 aromatic heterocycles. The summed E-state index contributed by atoms with van der Waals surface area (Å²) in [5.41, 5.74) is 1.91. The smallest absolute Gasteiger partial charge is 0.225 e. The summed E-state index contributed by atoms with van der Waals surface area (Å²) in [6.45, 7) is 2.92. The fraction of sp³-hybridized carbons (Fsp3) is 0.611. The van der Waals surface area contributed by atoms with Crippen LogP contribution in [0.15, 0.2) is 24.3 Å². The number of aliphatic hydroxyl groups is 1. The lowest BCUT2D eigenvalue weighted by Crippen LogP contribution is -2.43. The van der Waals surface area contributed by atoms with Crippen molar-refractivity contribution in [3.05, 3.63) is 35.4 Å². The summed E-state index contributed by atoms with van der Waals surface area (Å²) in [5, 5.41) is 10.5. The van der Waals surface area contributed by atoms with Crippen LogP contribution in [0, 0.1) is 0 Å². The van der Waals surface area contributed by atoms with E-state index in [1.165, 1.54) is 11.1 Å². The average Bonchev–Trinajstić information content (AvgIpc) is 2.92. The molecule has 1 amide bonds. The van der Waals surface area contributed by atoms with E-state index in [0.717, 1.165) is 45.1 Å². The number of carbonyl (C=O) groups excluding carboxylic acids is 1. The van der Waals surface area contributed by atoms with Gasteiger partial charge in [0.1, 0.15) is 0 Å². The third-order valence-electron chi connectivity index (χ3n) is 5.13. The zero-order valence-corrected chi connectivity index (χ0v) is 12.8. The number of carbonyl (C=O) groups is 1. The van der Waals surface area contributed by atoms with Gasteiger partial charge in [0.2, 0.25) is 5.91 Å². The summed E-state index contributed by atoms with van der Waals surface area (Å²) >= 11 is 0. The molecule has 3 nitrogen and oxygen atoms in total. The highest BCUT2D eigenvalue weighted by Crippen LogP contribution is 2.36. The van der Waals surface area contributed by atoms with Gasteiger partial charge in [0, 0.05) is 6.54 Å². The quantitative estimate of drug-likeness (QED) is 0.927. The molecule has 0 spiro atoms. The second kappa shape index (κ2) is 5.80. The zero-order chi connectivity index (χ0) is 14.9. The number of hydrogen-bond acceptors (Lipinski definition) is 2. The number of benzene rings is 1. The highest BCUT2D eigenvalue weighted by molar-refractivity contribution is 5.78. The highest BCUT2D eigenvalue weighted by atomic mass is 16.3. The number of amides is 1. The van der Waals surface area contributed by atoms with E-state index in [4.69, 9.17) is 0 Å². The number of hydrogen-bond donors (Lipinski definition) is 1. The van der Waals surface area contributed by atoms with E-state index in [9.17, 15) is 9.90 Å². The summed E-state index contributed by atoms with van der Waals surface area (Å²) in [5.74, 6) is 0.126. The predicted molar refractivity (Wildman–Crippen MR) is 82.9 cm³/mol. The molecule has 1 saturated carbocycles. The Bertz CT molecular complexity index is 520. The monoisotopic (exact) mass is 287 g/mol. The van der Waals surface area contributed by atoms with Crippen LogP contribution >= 0.6 is 0 Å². The first-order chi connectivity index (χ1) is 10.1. The van der Waals surface area contributed by atoms with Crippen molar-refractivity contribution in [1.29, 1.82) is 0 Å². The molecule has 1 fully saturated rings. The van der Waals surface area contributed by atoms with Crippen LogP contribution in [-0.4, -0.2) is 28.1 Å². The molecule has 3 heteroatoms. The van der Waals surface area contributed by atoms with Crippen molar-refractivity contribution in [2.24, 2.45) is 0 Å². The van der Waals surface area contributed by atoms with Crippen molar-refractivity contribution < 1.29 is 9.90 Å². The molecule has 1 atom stereocenters. The minimum absolute atomic E-state index is 0.126. The third-order valence-corrected chi connectivity index (χ3v) is 5.13. The van der Waals surface area contributed by atoms with E-state index in [0.29, 0.717) is 6.42 Å². The van der Waals surface area contributed by atoms with Gasteiger partial charge >= 0.3 is 0 Å². The molecule has 0 bridgehead atoms. The fourth-order valence-corrected chi connectivity index (χ4v) is 3.98. The number of fused-ring (bicyclic) bond motifs is 1. The van der Waals surface area contributed by atoms with Gasteiger partial charge in [-0.2, -0.15) is 0 Å². The Balaban J connectivity index is 1.77. The van der Waals surface area contributed by atoms with Gasteiger partial charge in [-0.15, -0.1) is 0 Å². The van der Waals surface area contributed by atoms with Gasteiger partial charge in [-0.3, -0.25) is 4.79 Å². The molecule has 1 aliphatic carbocycles. The molecule has 0 saturated heterocycles. The number of nitrogens with zero attached hydrogens (tertiary/aromatic N) is 1. The van der Waals surface area contributed by atoms with E-state index in [2.05, 4.69) is 31.2 Å². The lowest BCUT2D eigenvalue weighted by Gasteiger charge is -2.38. The molecule has 1 aromatic rings. The molecular formula is C18H25NO2. The van der Waals surface area contributed by atoms with Crippen molar-refractivity contribution in [3.63, 3.8) is 0 Å². The highest BCUT2D eigenvalue weighted by Gasteiger charge is 2.37. The van der Waals surface area contributed by atoms with Crippen LogP contribution in [-0.2, 0) is 11.2 Å². The fourth-order valence-electron chi connectivity index (χ4n) is 3.98. The van der Waals surface area contributed by atoms with Crippen LogP contribution in [0.3, 0.4) is 0 Å². The van der Waals surface area contributed by atoms with Crippen LogP contribution in [0.4, 0.5) is 0 Å². The molecule has 1 unspecified atom stereocenters. The first-order valence-corrected chi connectivity index (χ1v) is 8.22. The van der Waals surface area contributed by atoms with E-state index >= 15 is 0 Å². The van der Waals surface area contributed by atoms with Crippen LogP contribution in [0.1, 0.15) is 62.6 Å². The second-order valence-electron chi connectivity index (χ2n) is 6.57. The Kier molecular flexibility index (Phi) is 4.03. The van der Waals surface area contributed by atoms with E-state index in [1.807, 2.05) is 4.90 Å². The normalized spacial score (nSPS) is 23.9. The third kappa shape index (κ3) is 2.84. The summed E-state index contributed by atoms with van der Waals surface area (Å²) < 4.78 is 0. The van der Waals surface area contributed by atoms with Gasteiger partial charge in [-0.1, -0.05) is 44.0 Å². The van der Waals surface area contributed by atoms with Gasteiger partial charge < -0.3 is 10.0 Å². The topological polar surface area (TPSA) is 40.5 Å². The minimum atomic E-state index is -0.744. The first-order valence-electron chi connectivity index (χ1n) is 8.22. The lowest BCUT2D eigenvalue weighted by atomic mass is 9.89. The van der Waals surface area contributed by atoms with Crippen molar-refractivity contribution >= 4 is 5.91 Å². The number of rotatable bonds is 3. The molecule has 0 radical (unpaired) electrons. The molecule has 1 heterocycles. The Morgan fingerprint density at radius 2 is 2.05 bits per heavy atom. The van der Waals surface area contributed by atoms with Crippen molar-refractivity contribution in [3.8, 4) is 0 Å². The molecule has 114 valence electrons. The predicted octanol–water partition coefficient (Wildman–Crippen LogP) is 3.22. The summed E-state index contributed by atoms with van der Waals surface area (Å²) in [6.07, 6.45) is 5.80. The maximum Gasteiger partial charge on any atom is 0.225 e. The molecule has 1 aromatic carbocycles. The van der Waals surface area contributed by atoms with Crippen LogP contribution < -0.4 is 0 Å².